The van der Waals surface area contributed by atoms with Crippen molar-refractivity contribution in [1.29, 1.82) is 0 Å². The number of nitrogens with zero attached hydrogens (tertiary/aromatic N) is 1. The Bertz CT molecular complexity index is 4030. The minimum atomic E-state index is -0.551. The van der Waals surface area contributed by atoms with Crippen LogP contribution in [0.4, 0.5) is 17.1 Å². The Kier molecular flexibility index (Phi) is 8.50. The smallest absolute Gasteiger partial charge is 0.144 e. The fourth-order valence-electron chi connectivity index (χ4n) is 11.3. The number of benzene rings is 11. The molecular weight excluding hydrogens is 827 g/mol. The minimum absolute atomic E-state index is 0.551. The van der Waals surface area contributed by atoms with Gasteiger partial charge < -0.3 is 13.7 Å². The number of rotatable bonds is 7. The second-order valence-electron chi connectivity index (χ2n) is 17.9. The van der Waals surface area contributed by atoms with E-state index in [4.69, 9.17) is 8.83 Å². The first-order chi connectivity index (χ1) is 33.7. The molecule has 0 saturated carbocycles. The molecule has 0 saturated heterocycles. The lowest BCUT2D eigenvalue weighted by Gasteiger charge is -2.34. The molecule has 0 aliphatic heterocycles. The van der Waals surface area contributed by atoms with Gasteiger partial charge in [0.2, 0.25) is 0 Å². The molecule has 2 aromatic heterocycles. The lowest BCUT2D eigenvalue weighted by molar-refractivity contribution is 0.664. The Balaban J connectivity index is 1.01. The maximum Gasteiger partial charge on any atom is 0.144 e. The molecule has 3 heteroatoms. The Morgan fingerprint density at radius 3 is 1.71 bits per heavy atom. The highest BCUT2D eigenvalue weighted by atomic mass is 16.3. The fraction of sp³-hybridized carbons (Fsp3) is 0.0154. The molecule has 0 radical (unpaired) electrons. The van der Waals surface area contributed by atoms with Gasteiger partial charge >= 0.3 is 0 Å². The van der Waals surface area contributed by atoms with Crippen molar-refractivity contribution < 1.29 is 8.83 Å². The van der Waals surface area contributed by atoms with Crippen LogP contribution in [0.15, 0.2) is 258 Å². The second-order valence-corrected chi connectivity index (χ2v) is 17.9. The number of para-hydroxylation sites is 1. The van der Waals surface area contributed by atoms with Crippen LogP contribution in [0.3, 0.4) is 0 Å². The van der Waals surface area contributed by atoms with Crippen LogP contribution in [0.25, 0.3) is 88.0 Å². The van der Waals surface area contributed by atoms with Gasteiger partial charge in [-0.25, -0.2) is 0 Å². The lowest BCUT2D eigenvalue weighted by Crippen LogP contribution is -2.28. The molecule has 0 fully saturated rings. The van der Waals surface area contributed by atoms with E-state index in [-0.39, 0.29) is 0 Å². The van der Waals surface area contributed by atoms with Crippen LogP contribution in [-0.4, -0.2) is 0 Å². The minimum Gasteiger partial charge on any atom is -0.456 e. The molecule has 2 heterocycles. The number of fused-ring (bicyclic) bond motifs is 10. The summed E-state index contributed by atoms with van der Waals surface area (Å²) in [6, 6.07) is 89.9. The summed E-state index contributed by atoms with van der Waals surface area (Å²) < 4.78 is 14.0. The predicted octanol–water partition coefficient (Wildman–Crippen LogP) is 17.8. The quantitative estimate of drug-likeness (QED) is 0.160. The van der Waals surface area contributed by atoms with E-state index in [1.807, 2.05) is 6.07 Å². The van der Waals surface area contributed by atoms with Crippen molar-refractivity contribution in [3.05, 3.63) is 271 Å². The van der Waals surface area contributed by atoms with Crippen molar-refractivity contribution in [1.82, 2.24) is 0 Å². The van der Waals surface area contributed by atoms with Crippen LogP contribution in [0.2, 0.25) is 0 Å². The molecule has 68 heavy (non-hydrogen) atoms. The van der Waals surface area contributed by atoms with E-state index in [9.17, 15) is 0 Å². The summed E-state index contributed by atoms with van der Waals surface area (Å²) in [6.45, 7) is 0. The highest BCUT2D eigenvalue weighted by Crippen LogP contribution is 2.57. The van der Waals surface area contributed by atoms with Crippen molar-refractivity contribution in [3.63, 3.8) is 0 Å². The summed E-state index contributed by atoms with van der Waals surface area (Å²) in [5.74, 6) is 0. The van der Waals surface area contributed by atoms with Gasteiger partial charge in [-0.2, -0.15) is 0 Å². The molecule has 0 bridgehead atoms. The zero-order valence-corrected chi connectivity index (χ0v) is 36.9. The monoisotopic (exact) mass is 867 g/mol. The van der Waals surface area contributed by atoms with E-state index in [1.54, 1.807) is 0 Å². The number of anilines is 3. The third-order valence-corrected chi connectivity index (χ3v) is 14.3. The van der Waals surface area contributed by atoms with Crippen molar-refractivity contribution >= 4 is 71.7 Å². The molecule has 13 aromatic rings. The van der Waals surface area contributed by atoms with Gasteiger partial charge in [0.15, 0.2) is 0 Å². The van der Waals surface area contributed by atoms with Gasteiger partial charge in [-0.15, -0.1) is 0 Å². The molecule has 1 aliphatic carbocycles. The van der Waals surface area contributed by atoms with Crippen LogP contribution in [-0.2, 0) is 5.41 Å². The Hall–Kier alpha value is -8.92. The molecule has 11 aromatic carbocycles. The average molecular weight is 868 g/mol. The molecule has 0 spiro atoms. The third-order valence-electron chi connectivity index (χ3n) is 14.3. The van der Waals surface area contributed by atoms with E-state index in [2.05, 4.69) is 248 Å². The number of hydrogen-bond donors (Lipinski definition) is 0. The maximum absolute atomic E-state index is 7.18. The first-order valence-electron chi connectivity index (χ1n) is 23.3. The lowest BCUT2D eigenvalue weighted by atomic mass is 9.67. The highest BCUT2D eigenvalue weighted by Gasteiger charge is 2.46. The molecule has 0 unspecified atom stereocenters. The summed E-state index contributed by atoms with van der Waals surface area (Å²) in [6.07, 6.45) is 0. The summed E-state index contributed by atoms with van der Waals surface area (Å²) in [5, 5.41) is 6.51. The van der Waals surface area contributed by atoms with Gasteiger partial charge in [0.1, 0.15) is 22.3 Å². The summed E-state index contributed by atoms with van der Waals surface area (Å²) in [7, 11) is 0. The van der Waals surface area contributed by atoms with Gasteiger partial charge in [-0.3, -0.25) is 0 Å². The third kappa shape index (κ3) is 5.72. The van der Waals surface area contributed by atoms with Gasteiger partial charge in [0, 0.05) is 44.2 Å². The zero-order valence-electron chi connectivity index (χ0n) is 36.9. The molecule has 0 N–H and O–H groups in total. The largest absolute Gasteiger partial charge is 0.456 e. The van der Waals surface area contributed by atoms with Gasteiger partial charge in [0.05, 0.1) is 5.41 Å². The van der Waals surface area contributed by atoms with Crippen LogP contribution >= 0.6 is 0 Å². The van der Waals surface area contributed by atoms with Gasteiger partial charge in [-0.1, -0.05) is 188 Å². The predicted molar refractivity (Wildman–Crippen MR) is 281 cm³/mol. The van der Waals surface area contributed by atoms with E-state index < -0.39 is 5.41 Å². The van der Waals surface area contributed by atoms with E-state index in [0.29, 0.717) is 0 Å². The molecule has 1 aliphatic rings. The van der Waals surface area contributed by atoms with Crippen molar-refractivity contribution in [2.45, 2.75) is 5.41 Å². The molecule has 0 amide bonds. The van der Waals surface area contributed by atoms with E-state index >= 15 is 0 Å². The van der Waals surface area contributed by atoms with Crippen LogP contribution in [0, 0.1) is 0 Å². The summed E-state index contributed by atoms with van der Waals surface area (Å²) >= 11 is 0. The molecule has 3 nitrogen and oxygen atoms in total. The van der Waals surface area contributed by atoms with Crippen LogP contribution in [0.1, 0.15) is 22.3 Å². The van der Waals surface area contributed by atoms with Crippen molar-refractivity contribution in [3.8, 4) is 33.4 Å². The van der Waals surface area contributed by atoms with Crippen molar-refractivity contribution in [2.24, 2.45) is 0 Å². The Morgan fingerprint density at radius 2 is 0.912 bits per heavy atom. The Morgan fingerprint density at radius 1 is 0.324 bits per heavy atom. The molecular formula is C65H41NO2. The number of furan rings is 2. The summed E-state index contributed by atoms with van der Waals surface area (Å²) in [4.78, 5) is 2.35. The number of hydrogen-bond acceptors (Lipinski definition) is 3. The topological polar surface area (TPSA) is 29.5 Å². The standard InChI is InChI=1S/C65H41NO2/c1-4-16-42(17-5-1)44-28-32-49(33-29-44)66(50-34-30-43-18-10-11-19-45(43)38-50)51-35-37-60-55(40-51)56-41-61-63(54-25-13-15-27-59(54)67-61)62(64(56)68-60)46-31-36-53-52-24-12-14-26-57(52)65(58(53)39-46,47-20-6-2-7-21-47)48-22-8-3-9-23-48/h1-41H. The van der Waals surface area contributed by atoms with E-state index in [1.165, 1.54) is 55.3 Å². The van der Waals surface area contributed by atoms with Crippen LogP contribution < -0.4 is 4.90 Å². The average Bonchev–Trinajstić information content (AvgIpc) is 4.06. The first kappa shape index (κ1) is 38.4. The van der Waals surface area contributed by atoms with Crippen molar-refractivity contribution in [2.75, 3.05) is 4.90 Å². The highest BCUT2D eigenvalue weighted by molar-refractivity contribution is 6.24. The SMILES string of the molecule is c1ccc(-c2ccc(N(c3ccc4ccccc4c3)c3ccc4oc5c(-c6ccc7c(c6)C(c6ccccc6)(c6ccccc6)c6ccccc6-7)c6c(cc5c4c3)oc3ccccc36)cc2)cc1. The van der Waals surface area contributed by atoms with Gasteiger partial charge in [-0.05, 0) is 122 Å². The Labute approximate surface area is 393 Å². The summed E-state index contributed by atoms with van der Waals surface area (Å²) in [5.41, 5.74) is 17.9. The molecule has 318 valence electrons. The zero-order chi connectivity index (χ0) is 44.8. The van der Waals surface area contributed by atoms with Crippen LogP contribution in [0.5, 0.6) is 0 Å². The molecule has 0 atom stereocenters. The van der Waals surface area contributed by atoms with Gasteiger partial charge in [0.25, 0.3) is 0 Å². The van der Waals surface area contributed by atoms with E-state index in [0.717, 1.165) is 72.1 Å². The maximum atomic E-state index is 7.18. The normalized spacial score (nSPS) is 12.8. The fourth-order valence-corrected chi connectivity index (χ4v) is 11.3. The molecule has 14 rings (SSSR count). The second kappa shape index (κ2) is 15.1. The first-order valence-corrected chi connectivity index (χ1v) is 23.3.